The average molecular weight is 280 g/mol. The topological polar surface area (TPSA) is 85.5 Å². The highest BCUT2D eigenvalue weighted by Gasteiger charge is 2.17. The van der Waals surface area contributed by atoms with Gasteiger partial charge < -0.3 is 14.3 Å². The van der Waals surface area contributed by atoms with Gasteiger partial charge >= 0.3 is 5.97 Å². The summed E-state index contributed by atoms with van der Waals surface area (Å²) in [7, 11) is 1.57. The van der Waals surface area contributed by atoms with E-state index in [1.54, 1.807) is 20.1 Å². The van der Waals surface area contributed by atoms with E-state index in [4.69, 9.17) is 14.3 Å². The summed E-state index contributed by atoms with van der Waals surface area (Å²) in [6.07, 6.45) is 0. The van der Waals surface area contributed by atoms with Gasteiger partial charge in [0, 0.05) is 5.56 Å². The third-order valence-corrected chi connectivity index (χ3v) is 3.27. The zero-order chi connectivity index (χ0) is 13.8. The summed E-state index contributed by atoms with van der Waals surface area (Å²) in [6.45, 7) is 1.56. The molecule has 1 atom stereocenters. The van der Waals surface area contributed by atoms with Crippen LogP contribution >= 0.6 is 11.8 Å². The average Bonchev–Trinajstić information content (AvgIpc) is 2.87. The molecule has 19 heavy (non-hydrogen) atoms. The molecule has 1 N–H and O–H groups in total. The minimum atomic E-state index is -0.925. The zero-order valence-corrected chi connectivity index (χ0v) is 11.2. The van der Waals surface area contributed by atoms with Gasteiger partial charge in [-0.25, -0.2) is 0 Å². The van der Waals surface area contributed by atoms with Gasteiger partial charge in [0.1, 0.15) is 11.0 Å². The van der Waals surface area contributed by atoms with Crippen molar-refractivity contribution in [2.75, 3.05) is 7.11 Å². The minimum absolute atomic E-state index is 0.229. The molecule has 0 spiro atoms. The van der Waals surface area contributed by atoms with Crippen molar-refractivity contribution in [2.24, 2.45) is 0 Å². The number of benzene rings is 1. The van der Waals surface area contributed by atoms with Gasteiger partial charge in [0.2, 0.25) is 5.89 Å². The van der Waals surface area contributed by atoms with Crippen LogP contribution in [0.25, 0.3) is 11.5 Å². The number of carboxylic acids is 1. The maximum atomic E-state index is 10.7. The fraction of sp³-hybridized carbons (Fsp3) is 0.250. The number of carboxylic acid groups (broad SMARTS) is 1. The fourth-order valence-electron chi connectivity index (χ4n) is 1.33. The summed E-state index contributed by atoms with van der Waals surface area (Å²) in [5, 5.41) is 16.1. The van der Waals surface area contributed by atoms with E-state index in [1.807, 2.05) is 18.2 Å². The van der Waals surface area contributed by atoms with Crippen molar-refractivity contribution >= 4 is 17.7 Å². The number of methoxy groups -OCH3 is 1. The van der Waals surface area contributed by atoms with Crippen LogP contribution in [0.5, 0.6) is 5.75 Å². The normalized spacial score (nSPS) is 12.1. The van der Waals surface area contributed by atoms with E-state index in [0.29, 0.717) is 11.6 Å². The SMILES string of the molecule is COc1cccc(-c2nnc(S[C@H](C)C(=O)O)o2)c1. The largest absolute Gasteiger partial charge is 0.497 e. The van der Waals surface area contributed by atoms with Crippen LogP contribution in [0.4, 0.5) is 0 Å². The van der Waals surface area contributed by atoms with Crippen molar-refractivity contribution in [3.8, 4) is 17.2 Å². The molecule has 1 heterocycles. The van der Waals surface area contributed by atoms with E-state index >= 15 is 0 Å². The number of rotatable bonds is 5. The molecule has 6 nitrogen and oxygen atoms in total. The molecule has 2 rings (SSSR count). The Bertz CT molecular complexity index is 585. The number of hydrogen-bond donors (Lipinski definition) is 1. The van der Waals surface area contributed by atoms with E-state index in [-0.39, 0.29) is 5.22 Å². The second-order valence-corrected chi connectivity index (χ2v) is 5.00. The number of nitrogens with zero attached hydrogens (tertiary/aromatic N) is 2. The van der Waals surface area contributed by atoms with Crippen LogP contribution in [-0.2, 0) is 4.79 Å². The molecule has 0 radical (unpaired) electrons. The Kier molecular flexibility index (Phi) is 4.06. The number of ether oxygens (including phenoxy) is 1. The number of thioether (sulfide) groups is 1. The Morgan fingerprint density at radius 3 is 2.95 bits per heavy atom. The Hall–Kier alpha value is -2.02. The lowest BCUT2D eigenvalue weighted by molar-refractivity contribution is -0.136. The number of aromatic nitrogens is 2. The first-order chi connectivity index (χ1) is 9.10. The molecule has 2 aromatic rings. The van der Waals surface area contributed by atoms with Gasteiger partial charge in [0.25, 0.3) is 5.22 Å². The van der Waals surface area contributed by atoms with Gasteiger partial charge in [0.05, 0.1) is 7.11 Å². The predicted octanol–water partition coefficient (Wildman–Crippen LogP) is 2.31. The van der Waals surface area contributed by atoms with Crippen LogP contribution in [-0.4, -0.2) is 33.6 Å². The van der Waals surface area contributed by atoms with E-state index < -0.39 is 11.2 Å². The van der Waals surface area contributed by atoms with Crippen molar-refractivity contribution in [2.45, 2.75) is 17.4 Å². The molecule has 0 aliphatic carbocycles. The molecule has 1 aromatic carbocycles. The van der Waals surface area contributed by atoms with Crippen molar-refractivity contribution in [3.63, 3.8) is 0 Å². The molecule has 100 valence electrons. The third-order valence-electron chi connectivity index (χ3n) is 2.35. The maximum Gasteiger partial charge on any atom is 0.316 e. The van der Waals surface area contributed by atoms with E-state index in [0.717, 1.165) is 17.3 Å². The lowest BCUT2D eigenvalue weighted by Crippen LogP contribution is -2.10. The minimum Gasteiger partial charge on any atom is -0.497 e. The molecule has 0 aliphatic heterocycles. The molecular formula is C12H12N2O4S. The highest BCUT2D eigenvalue weighted by Crippen LogP contribution is 2.27. The van der Waals surface area contributed by atoms with E-state index in [9.17, 15) is 4.79 Å². The molecule has 0 bridgehead atoms. The highest BCUT2D eigenvalue weighted by atomic mass is 32.2. The number of hydrogen-bond acceptors (Lipinski definition) is 6. The van der Waals surface area contributed by atoms with E-state index in [1.165, 1.54) is 0 Å². The number of carbonyl (C=O) groups is 1. The molecule has 7 heteroatoms. The van der Waals surface area contributed by atoms with E-state index in [2.05, 4.69) is 10.2 Å². The molecule has 0 fully saturated rings. The van der Waals surface area contributed by atoms with Gasteiger partial charge in [-0.3, -0.25) is 4.79 Å². The third kappa shape index (κ3) is 3.25. The summed E-state index contributed by atoms with van der Waals surface area (Å²) in [6, 6.07) is 7.20. The molecule has 1 aromatic heterocycles. The van der Waals surface area contributed by atoms with Crippen LogP contribution in [0.2, 0.25) is 0 Å². The fourth-order valence-corrected chi connectivity index (χ4v) is 1.95. The Morgan fingerprint density at radius 2 is 2.26 bits per heavy atom. The first kappa shape index (κ1) is 13.4. The van der Waals surface area contributed by atoms with Gasteiger partial charge in [-0.1, -0.05) is 17.8 Å². The second kappa shape index (κ2) is 5.75. The molecule has 0 aliphatic rings. The quantitative estimate of drug-likeness (QED) is 0.841. The summed E-state index contributed by atoms with van der Waals surface area (Å²) >= 11 is 1.01. The van der Waals surface area contributed by atoms with Gasteiger partial charge in [-0.05, 0) is 25.1 Å². The summed E-state index contributed by atoms with van der Waals surface area (Å²) in [5.74, 6) is 0.0916. The Balaban J connectivity index is 2.18. The standard InChI is InChI=1S/C12H12N2O4S/c1-7(11(15)16)19-12-14-13-10(18-12)8-4-3-5-9(6-8)17-2/h3-7H,1-2H3,(H,15,16)/t7-/m1/s1. The molecular weight excluding hydrogens is 268 g/mol. The summed E-state index contributed by atoms with van der Waals surface area (Å²) in [5.41, 5.74) is 0.724. The second-order valence-electron chi connectivity index (χ2n) is 3.70. The van der Waals surface area contributed by atoms with Crippen LogP contribution in [0.3, 0.4) is 0 Å². The Labute approximate surface area is 113 Å². The molecule has 0 amide bonds. The first-order valence-electron chi connectivity index (χ1n) is 5.47. The Morgan fingerprint density at radius 1 is 1.47 bits per heavy atom. The van der Waals surface area contributed by atoms with Gasteiger partial charge in [-0.2, -0.15) is 0 Å². The monoisotopic (exact) mass is 280 g/mol. The predicted molar refractivity (Wildman–Crippen MR) is 69.2 cm³/mol. The van der Waals surface area contributed by atoms with Crippen molar-refractivity contribution in [1.29, 1.82) is 0 Å². The van der Waals surface area contributed by atoms with Crippen LogP contribution in [0.1, 0.15) is 6.92 Å². The van der Waals surface area contributed by atoms with Crippen molar-refractivity contribution in [1.82, 2.24) is 10.2 Å². The van der Waals surface area contributed by atoms with Crippen molar-refractivity contribution < 1.29 is 19.1 Å². The first-order valence-corrected chi connectivity index (χ1v) is 6.35. The van der Waals surface area contributed by atoms with Gasteiger partial charge in [-0.15, -0.1) is 10.2 Å². The van der Waals surface area contributed by atoms with Crippen LogP contribution in [0.15, 0.2) is 33.9 Å². The smallest absolute Gasteiger partial charge is 0.316 e. The van der Waals surface area contributed by atoms with Crippen LogP contribution in [0, 0.1) is 0 Å². The van der Waals surface area contributed by atoms with Crippen LogP contribution < -0.4 is 4.74 Å². The summed E-state index contributed by atoms with van der Waals surface area (Å²) in [4.78, 5) is 10.7. The molecule has 0 saturated carbocycles. The highest BCUT2D eigenvalue weighted by molar-refractivity contribution is 8.00. The lowest BCUT2D eigenvalue weighted by Gasteiger charge is -2.01. The maximum absolute atomic E-state index is 10.7. The molecule has 0 unspecified atom stereocenters. The zero-order valence-electron chi connectivity index (χ0n) is 10.4. The lowest BCUT2D eigenvalue weighted by atomic mass is 10.2. The van der Waals surface area contributed by atoms with Gasteiger partial charge in [0.15, 0.2) is 0 Å². The van der Waals surface area contributed by atoms with Crippen molar-refractivity contribution in [3.05, 3.63) is 24.3 Å². The number of aliphatic carboxylic acids is 1. The molecule has 0 saturated heterocycles. The summed E-state index contributed by atoms with van der Waals surface area (Å²) < 4.78 is 10.5.